The van der Waals surface area contributed by atoms with E-state index in [1.165, 1.54) is 10.8 Å². The smallest absolute Gasteiger partial charge is 0.426 e. The zero-order valence-electron chi connectivity index (χ0n) is 53.8. The minimum Gasteiger partial charge on any atom is -0.496 e. The number of hydrogen-bond acceptors (Lipinski definition) is 21. The van der Waals surface area contributed by atoms with Crippen molar-refractivity contribution in [3.05, 3.63) is 129 Å². The number of hydrogen-bond donors (Lipinski definition) is 9. The molecule has 500 valence electrons. The summed E-state index contributed by atoms with van der Waals surface area (Å²) in [5, 5.41) is 45.8. The average Bonchev–Trinajstić information content (AvgIpc) is 1.46. The van der Waals surface area contributed by atoms with Crippen molar-refractivity contribution in [2.45, 2.75) is 132 Å². The number of amides is 3. The van der Waals surface area contributed by atoms with Crippen molar-refractivity contribution in [2.75, 3.05) is 88.4 Å². The Hall–Kier alpha value is -7.59. The topological polar surface area (TPSA) is 319 Å². The summed E-state index contributed by atoms with van der Waals surface area (Å²) in [6.45, 7) is 9.95. The normalized spacial score (nSPS) is 27.4. The molecule has 6 aliphatic rings. The van der Waals surface area contributed by atoms with Crippen LogP contribution in [0.2, 0.25) is 0 Å². The van der Waals surface area contributed by atoms with Gasteiger partial charge in [-0.3, -0.25) is 39.2 Å². The van der Waals surface area contributed by atoms with E-state index in [4.69, 9.17) is 14.2 Å². The lowest BCUT2D eigenvalue weighted by molar-refractivity contribution is -0.204. The molecule has 1 unspecified atom stereocenters. The summed E-state index contributed by atoms with van der Waals surface area (Å²) in [7, 11) is 6.45. The van der Waals surface area contributed by atoms with Crippen molar-refractivity contribution in [1.29, 1.82) is 0 Å². The Bertz CT molecular complexity index is 3950. The highest BCUT2D eigenvalue weighted by molar-refractivity contribution is 8.76. The van der Waals surface area contributed by atoms with E-state index in [1.54, 1.807) is 55.3 Å². The first-order valence-corrected chi connectivity index (χ1v) is 35.1. The number of Topliss-reactive ketones (excluding diaryl/α,β-unsaturated/α-hetero) is 1. The van der Waals surface area contributed by atoms with Gasteiger partial charge in [0.2, 0.25) is 0 Å². The number of hydrazine groups is 1. The van der Waals surface area contributed by atoms with Crippen LogP contribution >= 0.6 is 21.6 Å². The van der Waals surface area contributed by atoms with Gasteiger partial charge in [-0.25, -0.2) is 25.2 Å². The first-order valence-electron chi connectivity index (χ1n) is 32.6. The predicted octanol–water partition coefficient (Wildman–Crippen LogP) is 5.89. The van der Waals surface area contributed by atoms with Crippen LogP contribution in [-0.2, 0) is 47.7 Å². The molecule has 12 rings (SSSR count). The largest absolute Gasteiger partial charge is 0.496 e. The van der Waals surface area contributed by atoms with Gasteiger partial charge in [-0.2, -0.15) is 0 Å². The fourth-order valence-electron chi connectivity index (χ4n) is 16.7. The number of H-pyrrole nitrogens is 2. The summed E-state index contributed by atoms with van der Waals surface area (Å²) in [6.07, 6.45) is 7.93. The van der Waals surface area contributed by atoms with Crippen molar-refractivity contribution in [3.8, 4) is 5.75 Å². The Labute approximate surface area is 552 Å². The Morgan fingerprint density at radius 3 is 2.51 bits per heavy atom. The number of aliphatic hydroxyl groups is 3. The number of benzene rings is 3. The molecular formula is C68H84N12O12S2. The number of carbonyl (C=O) groups excluding carboxylic acids is 5. The van der Waals surface area contributed by atoms with E-state index in [0.29, 0.717) is 150 Å². The molecule has 2 saturated heterocycles. The Kier molecular flexibility index (Phi) is 19.3. The number of aliphatic hydroxyl groups excluding tert-OH is 1. The van der Waals surface area contributed by atoms with Crippen molar-refractivity contribution >= 4 is 85.2 Å². The second-order valence-electron chi connectivity index (χ2n) is 26.2. The monoisotopic (exact) mass is 1320 g/mol. The average molecular weight is 1330 g/mol. The number of aryl methyl sites for hydroxylation is 1. The minimum atomic E-state index is -2.53. The van der Waals surface area contributed by atoms with E-state index in [1.807, 2.05) is 56.1 Å². The first kappa shape index (κ1) is 66.4. The number of nitrogens with zero attached hydrogens (tertiary/aromatic N) is 6. The van der Waals surface area contributed by atoms with E-state index in [2.05, 4.69) is 74.4 Å². The lowest BCUT2D eigenvalue weighted by atomic mass is 9.47. The van der Waals surface area contributed by atoms with Crippen LogP contribution in [0.5, 0.6) is 5.75 Å². The number of nitrogens with one attached hydrogen (secondary N) is 6. The zero-order chi connectivity index (χ0) is 66.2. The molecule has 9 N–H and O–H groups in total. The van der Waals surface area contributed by atoms with Crippen molar-refractivity contribution in [2.24, 2.45) is 11.3 Å². The second kappa shape index (κ2) is 27.3. The van der Waals surface area contributed by atoms with Gasteiger partial charge in [-0.05, 0) is 118 Å². The lowest BCUT2D eigenvalue weighted by Gasteiger charge is -2.63. The molecule has 1 aliphatic carbocycles. The number of para-hydroxylation sites is 1. The van der Waals surface area contributed by atoms with E-state index >= 15 is 4.79 Å². The molecule has 3 fully saturated rings. The Balaban J connectivity index is 0.661. The molecule has 1 spiro atoms. The maximum Gasteiger partial charge on any atom is 0.426 e. The standard InChI is InChI=1S/C68H84N12O12S2/c1-6-64(88)33-42-34-66(39-91-40-81,55-48(21-26-79(37-42)38-64)47-15-8-9-16-51(47)75-55)50-31-49-52(32-53(50)90-5)78(4)60-67(49)23-27-80-25-12-22-65(7-2,59(67)80)61(85)68(60,89)62(86)76-77-63(87)92-28-30-94-93-29-11-14-46(82)13-10-24-69-57(83)43-17-19-44(20-18-43)70-35-45-36-71-56-54(74-45)58(84)73-41(3)72-56/h8-9,12,15-20,22,31-32,36,40,42,59-61,70,75,85,88-89H,6-7,10-11,13-14,21,23-30,33-35,37-39H2,1-5H3,(H,69,83)(H,76,86)(H,77,87)(H,71,72,73,84)/t42-,59+,60-,61-,64+,65-,66+,67-,68-/m1/s1. The maximum absolute atomic E-state index is 15.1. The van der Waals surface area contributed by atoms with Crippen LogP contribution < -0.4 is 36.7 Å². The Morgan fingerprint density at radius 1 is 0.926 bits per heavy atom. The molecule has 1 saturated carbocycles. The number of rotatable bonds is 24. The summed E-state index contributed by atoms with van der Waals surface area (Å²) in [5.74, 6) is 0.862. The van der Waals surface area contributed by atoms with Gasteiger partial charge in [0.25, 0.3) is 23.8 Å². The number of anilines is 2. The molecule has 6 aromatic rings. The SMILES string of the molecule is CC[C@]1(O)C[C@H]2CN(CCc3c([nH]c4ccccc34)[C@@](COC=O)(c3cc4c(cc3OC)N(C)[C@H]3[C@](O)(C(=O)NNC(=O)OCCSSCCCC(=O)CCCNC(=O)c5ccc(NCc6cnc7nc(C)[nH]c(=O)c7n6)cc5)[C@H](O)[C@]5(CC)C=CCN6CC[C@]43[C@@H]65)C2)C1. The predicted molar refractivity (Wildman–Crippen MR) is 359 cm³/mol. The second-order valence-corrected chi connectivity index (χ2v) is 28.9. The maximum atomic E-state index is 15.1. The molecule has 3 amide bonds. The first-order chi connectivity index (χ1) is 45.3. The molecule has 94 heavy (non-hydrogen) atoms. The number of ether oxygens (including phenoxy) is 3. The van der Waals surface area contributed by atoms with Crippen LogP contribution in [-0.4, -0.2) is 188 Å². The van der Waals surface area contributed by atoms with E-state index in [-0.39, 0.29) is 47.5 Å². The molecule has 8 heterocycles. The number of fused-ring (bicyclic) bond motifs is 7. The van der Waals surface area contributed by atoms with E-state index in [0.717, 1.165) is 45.5 Å². The number of piperidine rings is 1. The molecule has 26 heteroatoms. The van der Waals surface area contributed by atoms with Gasteiger partial charge in [0.05, 0.1) is 42.6 Å². The Morgan fingerprint density at radius 2 is 1.72 bits per heavy atom. The number of aromatic amines is 2. The van der Waals surface area contributed by atoms with Crippen molar-refractivity contribution < 1.29 is 53.5 Å². The van der Waals surface area contributed by atoms with Crippen LogP contribution in [0.4, 0.5) is 16.2 Å². The van der Waals surface area contributed by atoms with Gasteiger partial charge >= 0.3 is 6.09 Å². The molecule has 10 atom stereocenters. The van der Waals surface area contributed by atoms with Crippen LogP contribution in [0, 0.1) is 18.3 Å². The van der Waals surface area contributed by atoms with Gasteiger partial charge in [-0.15, -0.1) is 0 Å². The molecular weight excluding hydrogens is 1240 g/mol. The quantitative estimate of drug-likeness (QED) is 0.0112. The molecule has 3 aromatic heterocycles. The number of likely N-dealkylation sites (N-methyl/N-ethyl adjacent to an activating group) is 1. The van der Waals surface area contributed by atoms with E-state index < -0.39 is 57.6 Å². The third-order valence-corrected chi connectivity index (χ3v) is 23.2. The number of methoxy groups -OCH3 is 1. The van der Waals surface area contributed by atoms with Crippen LogP contribution in [0.15, 0.2) is 83.8 Å². The molecule has 2 bridgehead atoms. The summed E-state index contributed by atoms with van der Waals surface area (Å²) < 4.78 is 18.0. The number of carbonyl (C=O) groups is 5. The molecule has 5 aliphatic heterocycles. The highest BCUT2D eigenvalue weighted by atomic mass is 33.1. The van der Waals surface area contributed by atoms with Crippen LogP contribution in [0.3, 0.4) is 0 Å². The van der Waals surface area contributed by atoms with Crippen LogP contribution in [0.1, 0.15) is 116 Å². The van der Waals surface area contributed by atoms with Gasteiger partial charge in [0.1, 0.15) is 36.7 Å². The molecule has 3 aromatic carbocycles. The van der Waals surface area contributed by atoms with Gasteiger partial charge < -0.3 is 55.0 Å². The lowest BCUT2D eigenvalue weighted by Crippen LogP contribution is -2.82. The van der Waals surface area contributed by atoms with Crippen molar-refractivity contribution in [3.63, 3.8) is 0 Å². The summed E-state index contributed by atoms with van der Waals surface area (Å²) in [5.41, 5.74) is 5.28. The molecule has 0 radical (unpaired) electrons. The fraction of sp³-hybridized carbons (Fsp3) is 0.515. The third kappa shape index (κ3) is 12.1. The van der Waals surface area contributed by atoms with Gasteiger partial charge in [0, 0.05) is 126 Å². The minimum absolute atomic E-state index is 0.00506. The summed E-state index contributed by atoms with van der Waals surface area (Å²) >= 11 is 0. The number of aromatic nitrogens is 5. The van der Waals surface area contributed by atoms with E-state index in [9.17, 15) is 39.3 Å². The third-order valence-electron chi connectivity index (χ3n) is 20.8. The summed E-state index contributed by atoms with van der Waals surface area (Å²) in [4.78, 5) is 105. The molecule has 24 nitrogen and oxygen atoms in total. The van der Waals surface area contributed by atoms with Gasteiger partial charge in [-0.1, -0.05) is 65.8 Å². The van der Waals surface area contributed by atoms with Crippen molar-refractivity contribution in [1.82, 2.24) is 50.9 Å². The number of ketones is 1. The summed E-state index contributed by atoms with van der Waals surface area (Å²) in [6, 6.07) is 17.8. The van der Waals surface area contributed by atoms with Crippen LogP contribution in [0.25, 0.3) is 22.1 Å². The highest BCUT2D eigenvalue weighted by Crippen LogP contribution is 2.67. The zero-order valence-corrected chi connectivity index (χ0v) is 55.4. The van der Waals surface area contributed by atoms with Gasteiger partial charge in [0.15, 0.2) is 16.8 Å². The fourth-order valence-corrected chi connectivity index (χ4v) is 18.7. The highest BCUT2D eigenvalue weighted by Gasteiger charge is 2.79.